The van der Waals surface area contributed by atoms with Crippen molar-refractivity contribution >= 4 is 20.0 Å². The van der Waals surface area contributed by atoms with Crippen LogP contribution in [0.1, 0.15) is 32.1 Å². The first-order valence-corrected chi connectivity index (χ1v) is 10.6. The molecule has 1 saturated carbocycles. The van der Waals surface area contributed by atoms with Gasteiger partial charge in [0.05, 0.1) is 0 Å². The van der Waals surface area contributed by atoms with Crippen molar-refractivity contribution in [3.8, 4) is 0 Å². The third kappa shape index (κ3) is 6.20. The van der Waals surface area contributed by atoms with Crippen molar-refractivity contribution in [3.63, 3.8) is 0 Å². The zero-order valence-electron chi connectivity index (χ0n) is 13.1. The van der Waals surface area contributed by atoms with E-state index < -0.39 is 49.7 Å². The highest BCUT2D eigenvalue weighted by Gasteiger charge is 2.73. The maximum atomic E-state index is 13.1. The number of sulfonamides is 2. The first kappa shape index (κ1) is 23.4. The molecule has 0 spiro atoms. The SMILES string of the molecule is O=S(=O)(CNC1CCCCC1)NS(=O)(=O)CC(F)(F)C(F)(F)C(F)(F)F. The Hall–Kier alpha value is -0.670. The van der Waals surface area contributed by atoms with E-state index in [1.54, 1.807) is 0 Å². The number of rotatable bonds is 8. The fourth-order valence-corrected chi connectivity index (χ4v) is 5.46. The second-order valence-electron chi connectivity index (χ2n) is 5.92. The Morgan fingerprint density at radius 2 is 1.31 bits per heavy atom. The fourth-order valence-electron chi connectivity index (χ4n) is 2.32. The summed E-state index contributed by atoms with van der Waals surface area (Å²) in [6.45, 7) is 0. The first-order chi connectivity index (χ1) is 11.5. The van der Waals surface area contributed by atoms with Gasteiger partial charge in [-0.1, -0.05) is 19.3 Å². The molecule has 156 valence electrons. The molecule has 0 aliphatic heterocycles. The monoisotopic (exact) mass is 438 g/mol. The standard InChI is InChI=1S/C11H17F7N2O4S2/c12-9(13,10(14,15)11(16,17)18)6-25(21,22)20-26(23,24)7-19-8-4-2-1-3-5-8/h8,19-20H,1-7H2. The topological polar surface area (TPSA) is 92.3 Å². The molecule has 0 saturated heterocycles. The highest BCUT2D eigenvalue weighted by molar-refractivity contribution is 8.04. The van der Waals surface area contributed by atoms with Crippen LogP contribution < -0.4 is 9.44 Å². The Bertz CT molecular complexity index is 686. The second kappa shape index (κ2) is 7.75. The number of hydrogen-bond acceptors (Lipinski definition) is 5. The van der Waals surface area contributed by atoms with Crippen molar-refractivity contribution in [2.24, 2.45) is 0 Å². The van der Waals surface area contributed by atoms with E-state index in [1.807, 2.05) is 0 Å². The maximum absolute atomic E-state index is 13.1. The van der Waals surface area contributed by atoms with Crippen molar-refractivity contribution in [1.29, 1.82) is 0 Å². The average Bonchev–Trinajstić information content (AvgIpc) is 2.42. The van der Waals surface area contributed by atoms with E-state index in [0.29, 0.717) is 12.8 Å². The van der Waals surface area contributed by atoms with Crippen molar-refractivity contribution in [2.75, 3.05) is 11.6 Å². The lowest BCUT2D eigenvalue weighted by Gasteiger charge is -2.28. The summed E-state index contributed by atoms with van der Waals surface area (Å²) in [6.07, 6.45) is -3.01. The highest BCUT2D eigenvalue weighted by Crippen LogP contribution is 2.46. The zero-order chi connectivity index (χ0) is 20.4. The minimum atomic E-state index is -6.71. The van der Waals surface area contributed by atoms with Gasteiger partial charge in [-0.3, -0.25) is 5.32 Å². The van der Waals surface area contributed by atoms with E-state index >= 15 is 0 Å². The molecule has 0 bridgehead atoms. The summed E-state index contributed by atoms with van der Waals surface area (Å²) in [4.78, 5) is 0. The predicted octanol–water partition coefficient (Wildman–Crippen LogP) is 1.95. The largest absolute Gasteiger partial charge is 0.459 e. The van der Waals surface area contributed by atoms with Crippen LogP contribution in [0.5, 0.6) is 0 Å². The molecule has 6 nitrogen and oxygen atoms in total. The van der Waals surface area contributed by atoms with E-state index in [1.165, 1.54) is 0 Å². The molecule has 1 aliphatic carbocycles. The normalized spacial score (nSPS) is 18.9. The third-order valence-electron chi connectivity index (χ3n) is 3.61. The van der Waals surface area contributed by atoms with Gasteiger partial charge in [-0.2, -0.15) is 30.7 Å². The number of halogens is 7. The molecule has 1 fully saturated rings. The highest BCUT2D eigenvalue weighted by atomic mass is 32.3. The van der Waals surface area contributed by atoms with E-state index in [2.05, 4.69) is 5.32 Å². The van der Waals surface area contributed by atoms with Gasteiger partial charge in [-0.15, -0.1) is 4.13 Å². The molecule has 15 heteroatoms. The first-order valence-electron chi connectivity index (χ1n) is 7.29. The van der Waals surface area contributed by atoms with Gasteiger partial charge in [0, 0.05) is 6.04 Å². The lowest BCUT2D eigenvalue weighted by molar-refractivity contribution is -0.348. The molecule has 1 rings (SSSR count). The lowest BCUT2D eigenvalue weighted by atomic mass is 9.96. The van der Waals surface area contributed by atoms with Gasteiger partial charge in [0.2, 0.25) is 20.0 Å². The number of nitrogens with one attached hydrogen (secondary N) is 2. The van der Waals surface area contributed by atoms with E-state index in [9.17, 15) is 47.6 Å². The minimum Gasteiger partial charge on any atom is -0.300 e. The van der Waals surface area contributed by atoms with Gasteiger partial charge in [0.25, 0.3) is 0 Å². The Morgan fingerprint density at radius 3 is 1.77 bits per heavy atom. The summed E-state index contributed by atoms with van der Waals surface area (Å²) < 4.78 is 135. The van der Waals surface area contributed by atoms with Crippen LogP contribution in [0.4, 0.5) is 30.7 Å². The van der Waals surface area contributed by atoms with Gasteiger partial charge in [0.15, 0.2) is 0 Å². The second-order valence-corrected chi connectivity index (χ2v) is 9.62. The Morgan fingerprint density at radius 1 is 0.808 bits per heavy atom. The number of alkyl halides is 7. The van der Waals surface area contributed by atoms with E-state index in [4.69, 9.17) is 0 Å². The molecule has 0 heterocycles. The smallest absolute Gasteiger partial charge is 0.300 e. The van der Waals surface area contributed by atoms with Crippen LogP contribution in [-0.4, -0.2) is 52.5 Å². The van der Waals surface area contributed by atoms with Crippen molar-refractivity contribution in [3.05, 3.63) is 0 Å². The lowest BCUT2D eigenvalue weighted by Crippen LogP contribution is -2.56. The van der Waals surface area contributed by atoms with Gasteiger partial charge in [-0.05, 0) is 12.8 Å². The Labute approximate surface area is 145 Å². The summed E-state index contributed by atoms with van der Waals surface area (Å²) in [5.41, 5.74) is 0. The molecule has 2 N–H and O–H groups in total. The predicted molar refractivity (Wildman–Crippen MR) is 76.7 cm³/mol. The van der Waals surface area contributed by atoms with Crippen LogP contribution in [0.15, 0.2) is 0 Å². The fraction of sp³-hybridized carbons (Fsp3) is 1.00. The minimum absolute atomic E-state index is 0.265. The molecular formula is C11H17F7N2O4S2. The Balaban J connectivity index is 2.77. The van der Waals surface area contributed by atoms with Gasteiger partial charge < -0.3 is 0 Å². The van der Waals surface area contributed by atoms with Gasteiger partial charge in [0.1, 0.15) is 11.6 Å². The van der Waals surface area contributed by atoms with E-state index in [-0.39, 0.29) is 6.04 Å². The Kier molecular flexibility index (Phi) is 6.97. The molecule has 0 unspecified atom stereocenters. The molecule has 0 atom stereocenters. The van der Waals surface area contributed by atoms with Crippen LogP contribution in [0.2, 0.25) is 0 Å². The molecule has 26 heavy (non-hydrogen) atoms. The molecule has 0 amide bonds. The van der Waals surface area contributed by atoms with Crippen molar-refractivity contribution < 1.29 is 47.6 Å². The molecule has 0 aromatic carbocycles. The molecule has 0 aromatic rings. The van der Waals surface area contributed by atoms with Gasteiger partial charge >= 0.3 is 18.0 Å². The average molecular weight is 438 g/mol. The summed E-state index contributed by atoms with van der Waals surface area (Å²) in [5, 5.41) is 2.47. The van der Waals surface area contributed by atoms with Crippen molar-refractivity contribution in [2.45, 2.75) is 56.2 Å². The maximum Gasteiger partial charge on any atom is 0.459 e. The van der Waals surface area contributed by atoms with Crippen molar-refractivity contribution in [1.82, 2.24) is 9.44 Å². The quantitative estimate of drug-likeness (QED) is 0.566. The van der Waals surface area contributed by atoms with Crippen LogP contribution in [-0.2, 0) is 20.0 Å². The number of hydrogen-bond donors (Lipinski definition) is 2. The zero-order valence-corrected chi connectivity index (χ0v) is 14.8. The third-order valence-corrected chi connectivity index (χ3v) is 6.93. The van der Waals surface area contributed by atoms with Crippen LogP contribution in [0, 0.1) is 0 Å². The summed E-state index contributed by atoms with van der Waals surface area (Å²) in [7, 11) is -10.5. The molecule has 1 aliphatic rings. The molecule has 0 radical (unpaired) electrons. The van der Waals surface area contributed by atoms with E-state index in [0.717, 1.165) is 23.4 Å². The summed E-state index contributed by atoms with van der Waals surface area (Å²) in [5.74, 6) is -16.8. The summed E-state index contributed by atoms with van der Waals surface area (Å²) in [6, 6.07) is -0.265. The van der Waals surface area contributed by atoms with Crippen LogP contribution in [0.3, 0.4) is 0 Å². The molecule has 0 aromatic heterocycles. The molecular weight excluding hydrogens is 421 g/mol. The van der Waals surface area contributed by atoms with Crippen LogP contribution >= 0.6 is 0 Å². The summed E-state index contributed by atoms with van der Waals surface area (Å²) >= 11 is 0. The van der Waals surface area contributed by atoms with Gasteiger partial charge in [-0.25, -0.2) is 16.8 Å². The van der Waals surface area contributed by atoms with Crippen LogP contribution in [0.25, 0.3) is 0 Å².